The predicted molar refractivity (Wildman–Crippen MR) is 45.7 cm³/mol. The first-order valence-electron chi connectivity index (χ1n) is 3.85. The highest BCUT2D eigenvalue weighted by Crippen LogP contribution is 2.09. The fraction of sp³-hybridized carbons (Fsp3) is 0.300. The molecule has 0 fully saturated rings. The minimum atomic E-state index is 0.741. The molecule has 1 nitrogen and oxygen atoms in total. The van der Waals surface area contributed by atoms with E-state index in [4.69, 9.17) is 5.11 Å². The van der Waals surface area contributed by atoms with Gasteiger partial charge in [-0.1, -0.05) is 24.3 Å². The van der Waals surface area contributed by atoms with Crippen LogP contribution >= 0.6 is 0 Å². The summed E-state index contributed by atoms with van der Waals surface area (Å²) >= 11 is 0. The molecule has 59 valence electrons. The summed E-state index contributed by atoms with van der Waals surface area (Å²) in [4.78, 5) is 0. The Bertz CT molecular complexity index is 218. The van der Waals surface area contributed by atoms with E-state index in [0.29, 0.717) is 0 Å². The molecule has 0 saturated heterocycles. The van der Waals surface area contributed by atoms with Gasteiger partial charge in [0.05, 0.1) is 6.61 Å². The van der Waals surface area contributed by atoms with Crippen molar-refractivity contribution in [3.05, 3.63) is 42.0 Å². The second-order valence-electron chi connectivity index (χ2n) is 2.65. The molecular weight excluding hydrogens is 136 g/mol. The molecule has 1 aromatic rings. The summed E-state index contributed by atoms with van der Waals surface area (Å²) in [7, 11) is 0. The molecule has 0 aliphatic carbocycles. The topological polar surface area (TPSA) is 20.2 Å². The fourth-order valence-corrected chi connectivity index (χ4v) is 1.11. The summed E-state index contributed by atoms with van der Waals surface area (Å²) in [5, 5.41) is 8.49. The Morgan fingerprint density at radius 2 is 2.09 bits per heavy atom. The van der Waals surface area contributed by atoms with E-state index in [2.05, 4.69) is 19.1 Å². The van der Waals surface area contributed by atoms with Crippen molar-refractivity contribution in [3.8, 4) is 0 Å². The van der Waals surface area contributed by atoms with Crippen LogP contribution in [-0.4, -0.2) is 5.11 Å². The second kappa shape index (κ2) is 4.14. The van der Waals surface area contributed by atoms with Gasteiger partial charge in [0.25, 0.3) is 0 Å². The van der Waals surface area contributed by atoms with Crippen molar-refractivity contribution in [1.82, 2.24) is 0 Å². The smallest absolute Gasteiger partial charge is 0.0802 e. The van der Waals surface area contributed by atoms with Crippen LogP contribution in [0.4, 0.5) is 0 Å². The van der Waals surface area contributed by atoms with Gasteiger partial charge in [-0.3, -0.25) is 0 Å². The van der Waals surface area contributed by atoms with Crippen molar-refractivity contribution in [2.45, 2.75) is 19.8 Å². The first-order valence-corrected chi connectivity index (χ1v) is 3.85. The third-order valence-corrected chi connectivity index (χ3v) is 1.80. The Balaban J connectivity index is 2.62. The number of rotatable bonds is 3. The van der Waals surface area contributed by atoms with Crippen molar-refractivity contribution in [3.63, 3.8) is 0 Å². The molecule has 0 aromatic heterocycles. The highest BCUT2D eigenvalue weighted by Gasteiger charge is 1.94. The molecule has 0 saturated carbocycles. The van der Waals surface area contributed by atoms with E-state index in [1.54, 1.807) is 0 Å². The van der Waals surface area contributed by atoms with Crippen LogP contribution in [0.25, 0.3) is 0 Å². The molecule has 1 aromatic carbocycles. The molecule has 0 atom stereocenters. The largest absolute Gasteiger partial charge is 0.390 e. The van der Waals surface area contributed by atoms with Gasteiger partial charge in [0.15, 0.2) is 0 Å². The summed E-state index contributed by atoms with van der Waals surface area (Å²) < 4.78 is 0. The number of hydrogen-bond donors (Lipinski definition) is 1. The average molecular weight is 149 g/mol. The van der Waals surface area contributed by atoms with Gasteiger partial charge in [-0.25, -0.2) is 0 Å². The number of hydrogen-bond acceptors (Lipinski definition) is 1. The van der Waals surface area contributed by atoms with E-state index in [9.17, 15) is 0 Å². The highest BCUT2D eigenvalue weighted by atomic mass is 16.2. The molecule has 1 N–H and O–H groups in total. The van der Waals surface area contributed by atoms with Crippen molar-refractivity contribution in [2.24, 2.45) is 0 Å². The Labute approximate surface area is 67.7 Å². The minimum absolute atomic E-state index is 0.741. The van der Waals surface area contributed by atoms with Gasteiger partial charge in [0.1, 0.15) is 0 Å². The lowest BCUT2D eigenvalue weighted by atomic mass is 10.0. The number of aryl methyl sites for hydroxylation is 2. The van der Waals surface area contributed by atoms with Gasteiger partial charge < -0.3 is 5.11 Å². The summed E-state index contributed by atoms with van der Waals surface area (Å²) in [5.74, 6) is 0. The molecule has 1 heteroatoms. The lowest BCUT2D eigenvalue weighted by Crippen LogP contribution is -1.88. The van der Waals surface area contributed by atoms with Crippen LogP contribution in [0.15, 0.2) is 24.3 Å². The third kappa shape index (κ3) is 2.35. The monoisotopic (exact) mass is 149 g/mol. The SMILES string of the molecule is Cc1ccccc1CC[CH]O. The Morgan fingerprint density at radius 3 is 2.73 bits per heavy atom. The highest BCUT2D eigenvalue weighted by molar-refractivity contribution is 5.25. The Hall–Kier alpha value is -0.820. The van der Waals surface area contributed by atoms with Crippen LogP contribution in [0.1, 0.15) is 17.5 Å². The van der Waals surface area contributed by atoms with Gasteiger partial charge in [-0.05, 0) is 30.9 Å². The van der Waals surface area contributed by atoms with Crippen molar-refractivity contribution in [2.75, 3.05) is 0 Å². The van der Waals surface area contributed by atoms with Gasteiger partial charge in [-0.2, -0.15) is 0 Å². The van der Waals surface area contributed by atoms with Gasteiger partial charge >= 0.3 is 0 Å². The maximum atomic E-state index is 8.49. The quantitative estimate of drug-likeness (QED) is 0.700. The van der Waals surface area contributed by atoms with Crippen LogP contribution in [-0.2, 0) is 6.42 Å². The maximum absolute atomic E-state index is 8.49. The van der Waals surface area contributed by atoms with E-state index >= 15 is 0 Å². The first kappa shape index (κ1) is 8.28. The van der Waals surface area contributed by atoms with E-state index in [-0.39, 0.29) is 0 Å². The first-order chi connectivity index (χ1) is 5.34. The molecular formula is C10H13O. The molecule has 0 bridgehead atoms. The molecule has 0 aliphatic rings. The van der Waals surface area contributed by atoms with Gasteiger partial charge in [0, 0.05) is 0 Å². The third-order valence-electron chi connectivity index (χ3n) is 1.80. The van der Waals surface area contributed by atoms with Crippen LogP contribution in [0.5, 0.6) is 0 Å². The van der Waals surface area contributed by atoms with Crippen LogP contribution in [0, 0.1) is 13.5 Å². The zero-order chi connectivity index (χ0) is 8.10. The number of aliphatic hydroxyl groups is 1. The van der Waals surface area contributed by atoms with Crippen LogP contribution < -0.4 is 0 Å². The maximum Gasteiger partial charge on any atom is 0.0802 e. The van der Waals surface area contributed by atoms with Crippen molar-refractivity contribution >= 4 is 0 Å². The van der Waals surface area contributed by atoms with Gasteiger partial charge in [-0.15, -0.1) is 0 Å². The Morgan fingerprint density at radius 1 is 1.36 bits per heavy atom. The summed E-state index contributed by atoms with van der Waals surface area (Å²) in [6, 6.07) is 8.24. The summed E-state index contributed by atoms with van der Waals surface area (Å²) in [6.45, 7) is 3.30. The zero-order valence-corrected chi connectivity index (χ0v) is 6.75. The standard InChI is InChI=1S/C10H13O/c1-9-5-2-3-6-10(9)7-4-8-11/h2-3,5-6,8,11H,4,7H2,1H3. The summed E-state index contributed by atoms with van der Waals surface area (Å²) in [6.07, 6.45) is 1.67. The van der Waals surface area contributed by atoms with E-state index in [0.717, 1.165) is 12.8 Å². The van der Waals surface area contributed by atoms with E-state index < -0.39 is 0 Å². The molecule has 1 rings (SSSR count). The normalized spacial score (nSPS) is 10.0. The number of aliphatic hydroxyl groups excluding tert-OH is 1. The predicted octanol–water partition coefficient (Wildman–Crippen LogP) is 2.46. The summed E-state index contributed by atoms with van der Waals surface area (Å²) in [5.41, 5.74) is 2.62. The van der Waals surface area contributed by atoms with Crippen molar-refractivity contribution < 1.29 is 5.11 Å². The zero-order valence-electron chi connectivity index (χ0n) is 6.75. The molecule has 1 radical (unpaired) electrons. The van der Waals surface area contributed by atoms with E-state index in [1.807, 2.05) is 12.1 Å². The van der Waals surface area contributed by atoms with Gasteiger partial charge in [0.2, 0.25) is 0 Å². The molecule has 0 heterocycles. The molecule has 0 spiro atoms. The van der Waals surface area contributed by atoms with E-state index in [1.165, 1.54) is 17.7 Å². The van der Waals surface area contributed by atoms with Crippen LogP contribution in [0.2, 0.25) is 0 Å². The molecule has 0 aliphatic heterocycles. The number of benzene rings is 1. The minimum Gasteiger partial charge on any atom is -0.390 e. The molecule has 0 amide bonds. The van der Waals surface area contributed by atoms with Crippen LogP contribution in [0.3, 0.4) is 0 Å². The second-order valence-corrected chi connectivity index (χ2v) is 2.65. The fourth-order valence-electron chi connectivity index (χ4n) is 1.11. The average Bonchev–Trinajstić information content (AvgIpc) is 2.03. The lowest BCUT2D eigenvalue weighted by molar-refractivity contribution is 0.375. The lowest BCUT2D eigenvalue weighted by Gasteiger charge is -2.02. The molecule has 11 heavy (non-hydrogen) atoms. The van der Waals surface area contributed by atoms with Crippen molar-refractivity contribution in [1.29, 1.82) is 0 Å². The molecule has 0 unspecified atom stereocenters. The Kier molecular flexibility index (Phi) is 3.12.